The number of phenols is 1. The maximum atomic E-state index is 12.6. The molecule has 1 aromatic carbocycles. The zero-order valence-corrected chi connectivity index (χ0v) is 11.9. The van der Waals surface area contributed by atoms with Gasteiger partial charge in [-0.15, -0.1) is 0 Å². The van der Waals surface area contributed by atoms with Gasteiger partial charge in [0.15, 0.2) is 0 Å². The van der Waals surface area contributed by atoms with Gasteiger partial charge in [0.05, 0.1) is 17.3 Å². The summed E-state index contributed by atoms with van der Waals surface area (Å²) < 4.78 is 37.7. The SMILES string of the molecule is O=C(N[C@H]1CCc2cn[nH]c2C1)c1ccc(C(F)(F)F)cc1O. The number of aryl methyl sites for hydroxylation is 1. The van der Waals surface area contributed by atoms with E-state index < -0.39 is 23.4 Å². The number of rotatable bonds is 2. The summed E-state index contributed by atoms with van der Waals surface area (Å²) in [6.45, 7) is 0. The number of fused-ring (bicyclic) bond motifs is 1. The number of carbonyl (C=O) groups excluding carboxylic acids is 1. The first-order valence-corrected chi connectivity index (χ1v) is 7.07. The fraction of sp³-hybridized carbons (Fsp3) is 0.333. The minimum absolute atomic E-state index is 0.155. The lowest BCUT2D eigenvalue weighted by atomic mass is 9.93. The molecule has 0 radical (unpaired) electrons. The second-order valence-electron chi connectivity index (χ2n) is 5.52. The van der Waals surface area contributed by atoms with Gasteiger partial charge >= 0.3 is 6.18 Å². The van der Waals surface area contributed by atoms with Crippen LogP contribution in [0.2, 0.25) is 0 Å². The van der Waals surface area contributed by atoms with Crippen LogP contribution >= 0.6 is 0 Å². The van der Waals surface area contributed by atoms with E-state index in [1.165, 1.54) is 0 Å². The van der Waals surface area contributed by atoms with Crippen molar-refractivity contribution in [1.82, 2.24) is 15.5 Å². The molecule has 0 bridgehead atoms. The van der Waals surface area contributed by atoms with Crippen LogP contribution in [-0.4, -0.2) is 27.3 Å². The number of aromatic amines is 1. The summed E-state index contributed by atoms with van der Waals surface area (Å²) in [5, 5.41) is 19.2. The van der Waals surface area contributed by atoms with Gasteiger partial charge in [0.1, 0.15) is 5.75 Å². The Kier molecular flexibility index (Phi) is 3.75. The zero-order chi connectivity index (χ0) is 16.6. The van der Waals surface area contributed by atoms with Crippen molar-refractivity contribution in [3.8, 4) is 5.75 Å². The maximum Gasteiger partial charge on any atom is 0.416 e. The monoisotopic (exact) mass is 325 g/mol. The molecule has 122 valence electrons. The molecule has 0 fully saturated rings. The number of amides is 1. The maximum absolute atomic E-state index is 12.6. The molecule has 1 aliphatic carbocycles. The van der Waals surface area contributed by atoms with E-state index in [1.54, 1.807) is 6.20 Å². The van der Waals surface area contributed by atoms with Crippen molar-refractivity contribution < 1.29 is 23.1 Å². The fourth-order valence-corrected chi connectivity index (χ4v) is 2.69. The van der Waals surface area contributed by atoms with Crippen molar-refractivity contribution >= 4 is 5.91 Å². The Hall–Kier alpha value is -2.51. The number of H-pyrrole nitrogens is 1. The average molecular weight is 325 g/mol. The van der Waals surface area contributed by atoms with Crippen LogP contribution in [0.25, 0.3) is 0 Å². The fourth-order valence-electron chi connectivity index (χ4n) is 2.69. The van der Waals surface area contributed by atoms with Gasteiger partial charge in [-0.1, -0.05) is 0 Å². The molecule has 0 spiro atoms. The Morgan fingerprint density at radius 2 is 2.17 bits per heavy atom. The second kappa shape index (κ2) is 5.60. The molecule has 1 aliphatic rings. The van der Waals surface area contributed by atoms with E-state index in [1.807, 2.05) is 0 Å². The first kappa shape index (κ1) is 15.4. The molecule has 3 rings (SSSR count). The number of nitrogens with one attached hydrogen (secondary N) is 2. The lowest BCUT2D eigenvalue weighted by Gasteiger charge is -2.23. The highest BCUT2D eigenvalue weighted by Crippen LogP contribution is 2.32. The summed E-state index contributed by atoms with van der Waals surface area (Å²) >= 11 is 0. The Balaban J connectivity index is 1.72. The molecular weight excluding hydrogens is 311 g/mol. The quantitative estimate of drug-likeness (QED) is 0.793. The molecule has 3 N–H and O–H groups in total. The first-order chi connectivity index (χ1) is 10.8. The number of alkyl halides is 3. The Morgan fingerprint density at radius 3 is 2.87 bits per heavy atom. The number of hydrogen-bond donors (Lipinski definition) is 3. The van der Waals surface area contributed by atoms with E-state index in [4.69, 9.17) is 0 Å². The molecular formula is C15H14F3N3O2. The van der Waals surface area contributed by atoms with E-state index in [2.05, 4.69) is 15.5 Å². The second-order valence-corrected chi connectivity index (χ2v) is 5.52. The van der Waals surface area contributed by atoms with Crippen LogP contribution in [0.3, 0.4) is 0 Å². The molecule has 0 saturated heterocycles. The van der Waals surface area contributed by atoms with E-state index >= 15 is 0 Å². The van der Waals surface area contributed by atoms with Crippen molar-refractivity contribution in [3.63, 3.8) is 0 Å². The van der Waals surface area contributed by atoms with Crippen molar-refractivity contribution in [2.75, 3.05) is 0 Å². The number of carbonyl (C=O) groups is 1. The summed E-state index contributed by atoms with van der Waals surface area (Å²) in [6.07, 6.45) is -0.778. The van der Waals surface area contributed by atoms with Gasteiger partial charge in [-0.2, -0.15) is 18.3 Å². The van der Waals surface area contributed by atoms with Gasteiger partial charge in [-0.05, 0) is 36.6 Å². The van der Waals surface area contributed by atoms with Gasteiger partial charge in [0, 0.05) is 18.2 Å². The predicted molar refractivity (Wildman–Crippen MR) is 75.0 cm³/mol. The minimum Gasteiger partial charge on any atom is -0.507 e. The Labute approximate surface area is 129 Å². The van der Waals surface area contributed by atoms with Crippen LogP contribution in [0, 0.1) is 0 Å². The van der Waals surface area contributed by atoms with Crippen molar-refractivity contribution in [2.45, 2.75) is 31.5 Å². The van der Waals surface area contributed by atoms with Crippen LogP contribution in [0.4, 0.5) is 13.2 Å². The molecule has 1 heterocycles. The summed E-state index contributed by atoms with van der Waals surface area (Å²) in [4.78, 5) is 12.2. The largest absolute Gasteiger partial charge is 0.507 e. The number of benzene rings is 1. The summed E-state index contributed by atoms with van der Waals surface area (Å²) in [6, 6.07) is 2.17. The molecule has 23 heavy (non-hydrogen) atoms. The normalized spacial score (nSPS) is 17.6. The third kappa shape index (κ3) is 3.15. The van der Waals surface area contributed by atoms with Gasteiger partial charge < -0.3 is 10.4 Å². The lowest BCUT2D eigenvalue weighted by Crippen LogP contribution is -2.38. The number of halogens is 3. The topological polar surface area (TPSA) is 78.0 Å². The number of aromatic nitrogens is 2. The van der Waals surface area contributed by atoms with E-state index in [0.29, 0.717) is 18.9 Å². The van der Waals surface area contributed by atoms with Gasteiger partial charge in [-0.3, -0.25) is 9.89 Å². The lowest BCUT2D eigenvalue weighted by molar-refractivity contribution is -0.137. The van der Waals surface area contributed by atoms with Crippen LogP contribution < -0.4 is 5.32 Å². The Bertz CT molecular complexity index is 740. The standard InChI is InChI=1S/C15H14F3N3O2/c16-15(17,18)9-2-4-11(13(22)5-9)14(23)20-10-3-1-8-7-19-21-12(8)6-10/h2,4-5,7,10,22H,1,3,6H2,(H,19,21)(H,20,23)/t10-/m0/s1. The van der Waals surface area contributed by atoms with Crippen LogP contribution in [0.5, 0.6) is 5.75 Å². The Morgan fingerprint density at radius 1 is 1.39 bits per heavy atom. The van der Waals surface area contributed by atoms with Crippen molar-refractivity contribution in [3.05, 3.63) is 46.8 Å². The highest BCUT2D eigenvalue weighted by molar-refractivity contribution is 5.97. The molecule has 0 aliphatic heterocycles. The molecule has 0 unspecified atom stereocenters. The summed E-state index contributed by atoms with van der Waals surface area (Å²) in [5.74, 6) is -1.28. The molecule has 0 saturated carbocycles. The summed E-state index contributed by atoms with van der Waals surface area (Å²) in [7, 11) is 0. The highest BCUT2D eigenvalue weighted by Gasteiger charge is 2.32. The molecule has 2 aromatic rings. The molecule has 5 nitrogen and oxygen atoms in total. The first-order valence-electron chi connectivity index (χ1n) is 7.07. The minimum atomic E-state index is -4.56. The highest BCUT2D eigenvalue weighted by atomic mass is 19.4. The van der Waals surface area contributed by atoms with Crippen LogP contribution in [-0.2, 0) is 19.0 Å². The number of phenolic OH excluding ortho intramolecular Hbond substituents is 1. The van der Waals surface area contributed by atoms with Crippen LogP contribution in [0.15, 0.2) is 24.4 Å². The van der Waals surface area contributed by atoms with E-state index in [9.17, 15) is 23.1 Å². The molecule has 8 heteroatoms. The van der Waals surface area contributed by atoms with Gasteiger partial charge in [-0.25, -0.2) is 0 Å². The number of nitrogens with zero attached hydrogens (tertiary/aromatic N) is 1. The van der Waals surface area contributed by atoms with Gasteiger partial charge in [0.25, 0.3) is 5.91 Å². The third-order valence-electron chi connectivity index (χ3n) is 3.93. The average Bonchev–Trinajstić information content (AvgIpc) is 2.93. The molecule has 1 aromatic heterocycles. The smallest absolute Gasteiger partial charge is 0.416 e. The van der Waals surface area contributed by atoms with Crippen molar-refractivity contribution in [1.29, 1.82) is 0 Å². The predicted octanol–water partition coefficient (Wildman–Crippen LogP) is 2.42. The zero-order valence-electron chi connectivity index (χ0n) is 11.9. The van der Waals surface area contributed by atoms with E-state index in [0.717, 1.165) is 29.8 Å². The van der Waals surface area contributed by atoms with E-state index in [-0.39, 0.29) is 11.6 Å². The molecule has 1 amide bonds. The summed E-state index contributed by atoms with van der Waals surface area (Å²) in [5.41, 5.74) is 0.880. The van der Waals surface area contributed by atoms with Crippen molar-refractivity contribution in [2.24, 2.45) is 0 Å². The number of hydrogen-bond acceptors (Lipinski definition) is 3. The molecule has 1 atom stereocenters. The third-order valence-corrected chi connectivity index (χ3v) is 3.93. The van der Waals surface area contributed by atoms with Crippen LogP contribution in [0.1, 0.15) is 33.6 Å². The number of aromatic hydroxyl groups is 1. The van der Waals surface area contributed by atoms with Gasteiger partial charge in [0.2, 0.25) is 0 Å².